The van der Waals surface area contributed by atoms with E-state index in [2.05, 4.69) is 6.92 Å². The van der Waals surface area contributed by atoms with Crippen molar-refractivity contribution in [3.05, 3.63) is 65.7 Å². The smallest absolute Gasteiger partial charge is 0.254 e. The first kappa shape index (κ1) is 23.3. The number of carbonyl (C=O) groups is 1. The molecule has 31 heavy (non-hydrogen) atoms. The highest BCUT2D eigenvalue weighted by Crippen LogP contribution is 2.23. The highest BCUT2D eigenvalue weighted by molar-refractivity contribution is 7.91. The molecule has 1 aliphatic rings. The van der Waals surface area contributed by atoms with Crippen LogP contribution in [0, 0.1) is 0 Å². The third-order valence-corrected chi connectivity index (χ3v) is 7.47. The van der Waals surface area contributed by atoms with Crippen LogP contribution in [-0.2, 0) is 16.4 Å². The first-order valence-corrected chi connectivity index (χ1v) is 13.1. The van der Waals surface area contributed by atoms with Crippen LogP contribution in [0.5, 0.6) is 5.75 Å². The van der Waals surface area contributed by atoms with E-state index in [1.165, 1.54) is 25.7 Å². The summed E-state index contributed by atoms with van der Waals surface area (Å²) in [6.07, 6.45) is 6.41. The van der Waals surface area contributed by atoms with Gasteiger partial charge in [0.1, 0.15) is 5.75 Å². The second-order valence-corrected chi connectivity index (χ2v) is 10.5. The first-order chi connectivity index (χ1) is 15.0. The van der Waals surface area contributed by atoms with Gasteiger partial charge in [0.05, 0.1) is 18.1 Å². The fourth-order valence-electron chi connectivity index (χ4n) is 3.92. The molecule has 168 valence electrons. The highest BCUT2D eigenvalue weighted by atomic mass is 32.2. The van der Waals surface area contributed by atoms with Crippen LogP contribution in [0.15, 0.2) is 54.6 Å². The van der Waals surface area contributed by atoms with E-state index in [4.69, 9.17) is 4.74 Å². The van der Waals surface area contributed by atoms with E-state index in [1.54, 1.807) is 17.0 Å². The van der Waals surface area contributed by atoms with E-state index in [1.807, 2.05) is 42.5 Å². The highest BCUT2D eigenvalue weighted by Gasteiger charge is 2.35. The number of nitrogens with zero attached hydrogens (tertiary/aromatic N) is 1. The second kappa shape index (κ2) is 11.3. The van der Waals surface area contributed by atoms with E-state index in [0.29, 0.717) is 25.1 Å². The van der Waals surface area contributed by atoms with Gasteiger partial charge in [0, 0.05) is 18.2 Å². The minimum absolute atomic E-state index is 0.0325. The van der Waals surface area contributed by atoms with Crippen molar-refractivity contribution in [2.45, 2.75) is 58.0 Å². The number of rotatable bonds is 11. The number of hydrogen-bond acceptors (Lipinski definition) is 4. The van der Waals surface area contributed by atoms with Gasteiger partial charge in [0.2, 0.25) is 0 Å². The third-order valence-electron chi connectivity index (χ3n) is 5.72. The van der Waals surface area contributed by atoms with Crippen molar-refractivity contribution >= 4 is 15.7 Å². The lowest BCUT2D eigenvalue weighted by Gasteiger charge is -2.28. The minimum atomic E-state index is -3.09. The summed E-state index contributed by atoms with van der Waals surface area (Å²) >= 11 is 0. The molecule has 1 heterocycles. The van der Waals surface area contributed by atoms with Crippen molar-refractivity contribution in [3.63, 3.8) is 0 Å². The normalized spacial score (nSPS) is 17.4. The number of carbonyl (C=O) groups excluding carboxylic acids is 1. The Morgan fingerprint density at radius 1 is 1.00 bits per heavy atom. The van der Waals surface area contributed by atoms with E-state index in [0.717, 1.165) is 17.7 Å². The Hall–Kier alpha value is -2.34. The topological polar surface area (TPSA) is 63.7 Å². The predicted molar refractivity (Wildman–Crippen MR) is 124 cm³/mol. The lowest BCUT2D eigenvalue weighted by atomic mass is 10.1. The lowest BCUT2D eigenvalue weighted by Crippen LogP contribution is -2.40. The molecule has 1 saturated heterocycles. The number of benzene rings is 2. The molecule has 1 fully saturated rings. The Morgan fingerprint density at radius 2 is 1.71 bits per heavy atom. The summed E-state index contributed by atoms with van der Waals surface area (Å²) in [4.78, 5) is 15.0. The molecule has 2 aromatic rings. The molecule has 1 amide bonds. The van der Waals surface area contributed by atoms with Crippen LogP contribution < -0.4 is 4.74 Å². The Morgan fingerprint density at radius 3 is 2.35 bits per heavy atom. The summed E-state index contributed by atoms with van der Waals surface area (Å²) in [5.74, 6) is 0.786. The van der Waals surface area contributed by atoms with Gasteiger partial charge in [-0.1, -0.05) is 62.9 Å². The number of unbranched alkanes of at least 4 members (excludes halogenated alkanes) is 4. The third kappa shape index (κ3) is 7.10. The molecule has 1 aliphatic heterocycles. The Bertz CT molecular complexity index is 926. The summed E-state index contributed by atoms with van der Waals surface area (Å²) in [7, 11) is -3.09. The van der Waals surface area contributed by atoms with Crippen molar-refractivity contribution in [1.82, 2.24) is 4.90 Å². The molecular formula is C25H33NO4S. The molecular weight excluding hydrogens is 410 g/mol. The Labute approximate surface area is 186 Å². The maximum Gasteiger partial charge on any atom is 0.254 e. The molecule has 0 unspecified atom stereocenters. The first-order valence-electron chi connectivity index (χ1n) is 11.3. The van der Waals surface area contributed by atoms with Crippen molar-refractivity contribution in [2.75, 3.05) is 18.1 Å². The van der Waals surface area contributed by atoms with Gasteiger partial charge in [0.25, 0.3) is 5.91 Å². The van der Waals surface area contributed by atoms with Gasteiger partial charge in [0.15, 0.2) is 9.84 Å². The molecule has 0 aromatic heterocycles. The van der Waals surface area contributed by atoms with Gasteiger partial charge < -0.3 is 9.64 Å². The fraction of sp³-hybridized carbons (Fsp3) is 0.480. The Kier molecular flexibility index (Phi) is 8.52. The zero-order valence-electron chi connectivity index (χ0n) is 18.3. The molecule has 0 N–H and O–H groups in total. The van der Waals surface area contributed by atoms with Crippen molar-refractivity contribution in [2.24, 2.45) is 0 Å². The summed E-state index contributed by atoms with van der Waals surface area (Å²) < 4.78 is 29.9. The molecule has 0 bridgehead atoms. The summed E-state index contributed by atoms with van der Waals surface area (Å²) in [5.41, 5.74) is 1.54. The SMILES string of the molecule is CCCCCCCOc1ccc(C(=O)N(Cc2ccccc2)[C@H]2CCS(=O)(=O)C2)cc1. The zero-order chi connectivity index (χ0) is 22.1. The molecule has 5 nitrogen and oxygen atoms in total. The van der Waals surface area contributed by atoms with Crippen LogP contribution in [-0.4, -0.2) is 43.4 Å². The molecule has 0 radical (unpaired) electrons. The maximum atomic E-state index is 13.3. The number of sulfone groups is 1. The van der Waals surface area contributed by atoms with Crippen LogP contribution >= 0.6 is 0 Å². The summed E-state index contributed by atoms with van der Waals surface area (Å²) in [6.45, 7) is 3.28. The predicted octanol–water partition coefficient (Wildman–Crippen LogP) is 4.87. The second-order valence-electron chi connectivity index (χ2n) is 8.26. The number of ether oxygens (including phenoxy) is 1. The number of amides is 1. The van der Waals surface area contributed by atoms with Gasteiger partial charge in [-0.05, 0) is 42.7 Å². The zero-order valence-corrected chi connectivity index (χ0v) is 19.1. The van der Waals surface area contributed by atoms with Gasteiger partial charge >= 0.3 is 0 Å². The largest absolute Gasteiger partial charge is 0.494 e. The van der Waals surface area contributed by atoms with E-state index >= 15 is 0 Å². The standard InChI is InChI=1S/C25H33NO4S/c1-2-3-4-5-9-17-30-24-14-12-22(13-15-24)25(27)26(19-21-10-7-6-8-11-21)23-16-18-31(28,29)20-23/h6-8,10-15,23H,2-5,9,16-20H2,1H3/t23-/m0/s1. The van der Waals surface area contributed by atoms with Crippen LogP contribution in [0.3, 0.4) is 0 Å². The average Bonchev–Trinajstić information content (AvgIpc) is 3.14. The van der Waals surface area contributed by atoms with Gasteiger partial charge in [-0.25, -0.2) is 8.42 Å². The molecule has 0 saturated carbocycles. The van der Waals surface area contributed by atoms with Gasteiger partial charge in [-0.15, -0.1) is 0 Å². The van der Waals surface area contributed by atoms with Crippen molar-refractivity contribution in [3.8, 4) is 5.75 Å². The minimum Gasteiger partial charge on any atom is -0.494 e. The van der Waals surface area contributed by atoms with E-state index in [-0.39, 0.29) is 23.5 Å². The quantitative estimate of drug-likeness (QED) is 0.465. The summed E-state index contributed by atoms with van der Waals surface area (Å²) in [6, 6.07) is 16.6. The molecule has 0 aliphatic carbocycles. The lowest BCUT2D eigenvalue weighted by molar-refractivity contribution is 0.0681. The van der Waals surface area contributed by atoms with Crippen LogP contribution in [0.2, 0.25) is 0 Å². The van der Waals surface area contributed by atoms with E-state index in [9.17, 15) is 13.2 Å². The number of hydrogen-bond donors (Lipinski definition) is 0. The van der Waals surface area contributed by atoms with Gasteiger partial charge in [-0.3, -0.25) is 4.79 Å². The van der Waals surface area contributed by atoms with Crippen molar-refractivity contribution < 1.29 is 17.9 Å². The molecule has 2 aromatic carbocycles. The van der Waals surface area contributed by atoms with Crippen LogP contribution in [0.4, 0.5) is 0 Å². The summed E-state index contributed by atoms with van der Waals surface area (Å²) in [5, 5.41) is 0. The monoisotopic (exact) mass is 443 g/mol. The molecule has 6 heteroatoms. The maximum absolute atomic E-state index is 13.3. The molecule has 1 atom stereocenters. The van der Waals surface area contributed by atoms with Crippen LogP contribution in [0.1, 0.15) is 61.4 Å². The van der Waals surface area contributed by atoms with Gasteiger partial charge in [-0.2, -0.15) is 0 Å². The average molecular weight is 444 g/mol. The van der Waals surface area contributed by atoms with Crippen molar-refractivity contribution in [1.29, 1.82) is 0 Å². The van der Waals surface area contributed by atoms with Crippen LogP contribution in [0.25, 0.3) is 0 Å². The fourth-order valence-corrected chi connectivity index (χ4v) is 5.65. The van der Waals surface area contributed by atoms with E-state index < -0.39 is 9.84 Å². The Balaban J connectivity index is 1.64. The molecule has 3 rings (SSSR count). The molecule has 0 spiro atoms.